The smallest absolute Gasteiger partial charge is 0.447 e. The lowest BCUT2D eigenvalue weighted by Gasteiger charge is -2.20. The van der Waals surface area contributed by atoms with Crippen LogP contribution in [0.1, 0.15) is 33.6 Å². The normalized spacial score (nSPS) is 10.9. The molecule has 0 N–H and O–H groups in total. The number of unbranched alkanes of at least 4 members (excludes halogenated alkanes) is 1. The van der Waals surface area contributed by atoms with Crippen LogP contribution in [0.15, 0.2) is 5.16 Å². The van der Waals surface area contributed by atoms with Crippen molar-refractivity contribution in [1.82, 2.24) is 8.61 Å². The second-order valence-electron chi connectivity index (χ2n) is 4.97. The molecule has 8 nitrogen and oxygen atoms in total. The monoisotopic (exact) mass is 330 g/mol. The largest absolute Gasteiger partial charge is 0.449 e. The van der Waals surface area contributed by atoms with Gasteiger partial charge in [0.1, 0.15) is 0 Å². The Labute approximate surface area is 135 Å². The second kappa shape index (κ2) is 9.89. The summed E-state index contributed by atoms with van der Waals surface area (Å²) in [5, 5.41) is 12.2. The number of nitriles is 1. The minimum absolute atomic E-state index is 0.335. The van der Waals surface area contributed by atoms with E-state index in [4.69, 9.17) is 10.00 Å². The van der Waals surface area contributed by atoms with Gasteiger partial charge in [0.25, 0.3) is 0 Å². The number of hydrogen-bond donors (Lipinski definition) is 0. The molecule has 0 aromatic heterocycles. The second-order valence-corrected chi connectivity index (χ2v) is 6.23. The third-order valence-electron chi connectivity index (χ3n) is 2.28. The molecule has 0 fully saturated rings. The molecule has 0 unspecified atom stereocenters. The number of carbonyl (C=O) groups is 2. The predicted molar refractivity (Wildman–Crippen MR) is 83.7 cm³/mol. The van der Waals surface area contributed by atoms with E-state index in [9.17, 15) is 9.59 Å². The van der Waals surface area contributed by atoms with Crippen molar-refractivity contribution in [2.45, 2.75) is 33.6 Å². The highest BCUT2D eigenvalue weighted by atomic mass is 32.2. The van der Waals surface area contributed by atoms with Crippen molar-refractivity contribution in [2.75, 3.05) is 20.7 Å². The van der Waals surface area contributed by atoms with Crippen LogP contribution in [0.5, 0.6) is 0 Å². The lowest BCUT2D eigenvalue weighted by atomic mass is 9.98. The number of ether oxygens (including phenoxy) is 1. The zero-order valence-electron chi connectivity index (χ0n) is 13.5. The number of hydrogen-bond acceptors (Lipinski definition) is 7. The van der Waals surface area contributed by atoms with E-state index in [1.165, 1.54) is 24.6 Å². The molecule has 0 aliphatic carbocycles. The van der Waals surface area contributed by atoms with E-state index in [0.717, 1.165) is 29.3 Å². The summed E-state index contributed by atoms with van der Waals surface area (Å²) in [6.07, 6.45) is 1.61. The maximum absolute atomic E-state index is 11.6. The van der Waals surface area contributed by atoms with Gasteiger partial charge < -0.3 is 4.74 Å². The first-order chi connectivity index (χ1) is 10.2. The molecule has 0 saturated carbocycles. The molecule has 0 heterocycles. The first-order valence-corrected chi connectivity index (χ1v) is 7.45. The molecule has 0 bridgehead atoms. The van der Waals surface area contributed by atoms with Crippen molar-refractivity contribution >= 4 is 30.5 Å². The molecule has 124 valence electrons. The zero-order chi connectivity index (χ0) is 17.2. The van der Waals surface area contributed by atoms with Crippen molar-refractivity contribution in [1.29, 1.82) is 5.26 Å². The summed E-state index contributed by atoms with van der Waals surface area (Å²) in [5.74, 6) is 0. The van der Waals surface area contributed by atoms with Crippen LogP contribution in [0.3, 0.4) is 0 Å². The number of rotatable bonds is 7. The highest BCUT2D eigenvalue weighted by Crippen LogP contribution is 2.15. The molecular formula is C13H22N4O4S. The van der Waals surface area contributed by atoms with Crippen LogP contribution in [0, 0.1) is 16.7 Å². The van der Waals surface area contributed by atoms with Crippen LogP contribution in [-0.2, 0) is 9.57 Å². The average molecular weight is 330 g/mol. The van der Waals surface area contributed by atoms with E-state index in [1.54, 1.807) is 13.8 Å². The van der Waals surface area contributed by atoms with Gasteiger partial charge in [-0.2, -0.15) is 5.26 Å². The minimum Gasteiger partial charge on any atom is -0.449 e. The van der Waals surface area contributed by atoms with Gasteiger partial charge in [-0.25, -0.2) is 18.2 Å². The molecule has 0 radical (unpaired) electrons. The van der Waals surface area contributed by atoms with E-state index in [1.807, 2.05) is 13.0 Å². The Morgan fingerprint density at radius 1 is 1.32 bits per heavy atom. The molecule has 0 aromatic rings. The molecule has 0 rings (SSSR count). The maximum atomic E-state index is 11.6. The molecule has 0 saturated heterocycles. The SMILES string of the molecule is CCCCOC(=O)N(C)SN(C)C(=O)ON=CC(C)(C)C#N. The zero-order valence-corrected chi connectivity index (χ0v) is 14.3. The number of oxime groups is 1. The van der Waals surface area contributed by atoms with E-state index < -0.39 is 17.6 Å². The number of carbonyl (C=O) groups excluding carboxylic acids is 2. The Kier molecular flexibility index (Phi) is 9.01. The van der Waals surface area contributed by atoms with Crippen molar-refractivity contribution in [3.8, 4) is 6.07 Å². The topological polar surface area (TPSA) is 95.2 Å². The summed E-state index contributed by atoms with van der Waals surface area (Å²) >= 11 is 0.816. The van der Waals surface area contributed by atoms with E-state index in [-0.39, 0.29) is 0 Å². The Morgan fingerprint density at radius 3 is 2.45 bits per heavy atom. The summed E-state index contributed by atoms with van der Waals surface area (Å²) in [6, 6.07) is 1.99. The highest BCUT2D eigenvalue weighted by Gasteiger charge is 2.19. The van der Waals surface area contributed by atoms with Crippen LogP contribution < -0.4 is 0 Å². The third kappa shape index (κ3) is 8.36. The molecule has 0 spiro atoms. The van der Waals surface area contributed by atoms with Crippen LogP contribution in [-0.4, -0.2) is 47.7 Å². The third-order valence-corrected chi connectivity index (χ3v) is 3.07. The fourth-order valence-corrected chi connectivity index (χ4v) is 1.52. The molecule has 2 amide bonds. The van der Waals surface area contributed by atoms with Gasteiger partial charge in [-0.15, -0.1) is 0 Å². The minimum atomic E-state index is -0.828. The van der Waals surface area contributed by atoms with Gasteiger partial charge in [-0.05, 0) is 20.3 Å². The predicted octanol–water partition coefficient (Wildman–Crippen LogP) is 3.02. The Bertz CT molecular complexity index is 448. The van der Waals surface area contributed by atoms with Gasteiger partial charge in [0.2, 0.25) is 0 Å². The van der Waals surface area contributed by atoms with Gasteiger partial charge in [-0.1, -0.05) is 18.5 Å². The van der Waals surface area contributed by atoms with Crippen molar-refractivity contribution in [2.24, 2.45) is 10.6 Å². The fraction of sp³-hybridized carbons (Fsp3) is 0.692. The first kappa shape index (κ1) is 20.1. The Morgan fingerprint density at radius 2 is 1.91 bits per heavy atom. The lowest BCUT2D eigenvalue weighted by molar-refractivity contribution is 0.127. The molecular weight excluding hydrogens is 308 g/mol. The molecule has 9 heteroatoms. The molecule has 0 aromatic carbocycles. The number of nitrogens with zero attached hydrogens (tertiary/aromatic N) is 4. The molecule has 0 atom stereocenters. The van der Waals surface area contributed by atoms with Crippen molar-refractivity contribution in [3.05, 3.63) is 0 Å². The van der Waals surface area contributed by atoms with Crippen LogP contribution >= 0.6 is 12.1 Å². The Balaban J connectivity index is 4.25. The van der Waals surface area contributed by atoms with Crippen LogP contribution in [0.25, 0.3) is 0 Å². The summed E-state index contributed by atoms with van der Waals surface area (Å²) in [7, 11) is 2.90. The average Bonchev–Trinajstić information content (AvgIpc) is 2.46. The van der Waals surface area contributed by atoms with Crippen molar-refractivity contribution in [3.63, 3.8) is 0 Å². The lowest BCUT2D eigenvalue weighted by Crippen LogP contribution is -2.29. The summed E-state index contributed by atoms with van der Waals surface area (Å²) in [6.45, 7) is 5.58. The van der Waals surface area contributed by atoms with Crippen LogP contribution in [0.2, 0.25) is 0 Å². The molecule has 22 heavy (non-hydrogen) atoms. The quantitative estimate of drug-likeness (QED) is 0.234. The van der Waals surface area contributed by atoms with E-state index >= 15 is 0 Å². The van der Waals surface area contributed by atoms with Crippen molar-refractivity contribution < 1.29 is 19.2 Å². The standard InChI is InChI=1S/C13H22N4O4S/c1-6-7-8-20-11(18)16(4)22-17(5)12(19)21-15-10-13(2,3)9-14/h10H,6-8H2,1-5H3. The summed E-state index contributed by atoms with van der Waals surface area (Å²) < 4.78 is 7.23. The summed E-state index contributed by atoms with van der Waals surface area (Å²) in [5.41, 5.74) is -0.828. The van der Waals surface area contributed by atoms with Gasteiger partial charge >= 0.3 is 12.2 Å². The molecule has 0 aliphatic heterocycles. The van der Waals surface area contributed by atoms with E-state index in [0.29, 0.717) is 6.61 Å². The highest BCUT2D eigenvalue weighted by molar-refractivity contribution is 7.95. The summed E-state index contributed by atoms with van der Waals surface area (Å²) in [4.78, 5) is 27.9. The van der Waals surface area contributed by atoms with Gasteiger partial charge in [0.05, 0.1) is 36.4 Å². The van der Waals surface area contributed by atoms with Crippen LogP contribution in [0.4, 0.5) is 9.59 Å². The van der Waals surface area contributed by atoms with Gasteiger partial charge in [0, 0.05) is 14.1 Å². The number of amides is 2. The maximum Gasteiger partial charge on any atom is 0.447 e. The Hall–Kier alpha value is -1.95. The van der Waals surface area contributed by atoms with Gasteiger partial charge in [0.15, 0.2) is 0 Å². The van der Waals surface area contributed by atoms with Gasteiger partial charge in [-0.3, -0.25) is 4.84 Å². The molecule has 0 aliphatic rings. The fourth-order valence-electron chi connectivity index (χ4n) is 0.935. The first-order valence-electron chi connectivity index (χ1n) is 6.72. The van der Waals surface area contributed by atoms with E-state index in [2.05, 4.69) is 9.99 Å².